The fraction of sp³-hybridized carbons (Fsp3) is 0.417. The molecular weight excluding hydrogens is 270 g/mol. The molecule has 104 valence electrons. The third-order valence-electron chi connectivity index (χ3n) is 2.39. The molecule has 1 atom stereocenters. The zero-order valence-electron chi connectivity index (χ0n) is 10.7. The lowest BCUT2D eigenvalue weighted by Gasteiger charge is -2.15. The molecule has 1 rings (SSSR count). The van der Waals surface area contributed by atoms with Gasteiger partial charge in [-0.05, 0) is 25.5 Å². The van der Waals surface area contributed by atoms with Crippen LogP contribution in [-0.2, 0) is 4.79 Å². The highest BCUT2D eigenvalue weighted by atomic mass is 35.5. The van der Waals surface area contributed by atoms with Gasteiger partial charge in [-0.2, -0.15) is 0 Å². The van der Waals surface area contributed by atoms with Gasteiger partial charge in [-0.3, -0.25) is 4.79 Å². The summed E-state index contributed by atoms with van der Waals surface area (Å²) in [6.45, 7) is 4.14. The Balaban J connectivity index is 2.83. The van der Waals surface area contributed by atoms with Gasteiger partial charge in [0.1, 0.15) is 22.6 Å². The van der Waals surface area contributed by atoms with Gasteiger partial charge in [-0.15, -0.1) is 0 Å². The topological polar surface area (TPSA) is 91.3 Å². The van der Waals surface area contributed by atoms with E-state index in [0.29, 0.717) is 6.54 Å². The fourth-order valence-corrected chi connectivity index (χ4v) is 1.54. The Bertz CT molecular complexity index is 479. The number of nitrogens with one attached hydrogen (secondary N) is 2. The molecule has 1 amide bonds. The van der Waals surface area contributed by atoms with Gasteiger partial charge in [-0.1, -0.05) is 18.5 Å². The fourth-order valence-electron chi connectivity index (χ4n) is 1.39. The lowest BCUT2D eigenvalue weighted by atomic mass is 10.2. The summed E-state index contributed by atoms with van der Waals surface area (Å²) < 4.78 is 0. The van der Waals surface area contributed by atoms with E-state index in [4.69, 9.17) is 16.7 Å². The van der Waals surface area contributed by atoms with Crippen LogP contribution in [0.4, 0.5) is 5.82 Å². The molecule has 0 aromatic carbocycles. The van der Waals surface area contributed by atoms with Crippen LogP contribution in [0.25, 0.3) is 0 Å². The second-order valence-corrected chi connectivity index (χ2v) is 4.38. The molecule has 7 heteroatoms. The minimum absolute atomic E-state index is 0.0282. The number of aromatic carboxylic acids is 1. The van der Waals surface area contributed by atoms with Crippen LogP contribution >= 0.6 is 11.6 Å². The first-order valence-electron chi connectivity index (χ1n) is 5.89. The summed E-state index contributed by atoms with van der Waals surface area (Å²) >= 11 is 5.72. The number of carboxylic acids is 1. The Morgan fingerprint density at radius 1 is 1.47 bits per heavy atom. The molecule has 19 heavy (non-hydrogen) atoms. The first-order chi connectivity index (χ1) is 8.95. The Hall–Kier alpha value is -1.82. The monoisotopic (exact) mass is 285 g/mol. The zero-order valence-corrected chi connectivity index (χ0v) is 11.5. The number of hydrogen-bond acceptors (Lipinski definition) is 4. The summed E-state index contributed by atoms with van der Waals surface area (Å²) in [6.07, 6.45) is 0.828. The molecule has 0 aliphatic rings. The minimum atomic E-state index is -1.13. The highest BCUT2D eigenvalue weighted by Gasteiger charge is 2.17. The van der Waals surface area contributed by atoms with Crippen molar-refractivity contribution in [3.63, 3.8) is 0 Å². The van der Waals surface area contributed by atoms with Crippen LogP contribution in [0.1, 0.15) is 30.6 Å². The van der Waals surface area contributed by atoms with Crippen LogP contribution < -0.4 is 10.6 Å². The molecule has 6 nitrogen and oxygen atoms in total. The van der Waals surface area contributed by atoms with Crippen LogP contribution in [-0.4, -0.2) is 34.6 Å². The summed E-state index contributed by atoms with van der Waals surface area (Å²) in [5.41, 5.74) is -0.0282. The van der Waals surface area contributed by atoms with Gasteiger partial charge >= 0.3 is 5.97 Å². The summed E-state index contributed by atoms with van der Waals surface area (Å²) in [5.74, 6) is -1.27. The number of aromatic nitrogens is 1. The van der Waals surface area contributed by atoms with Gasteiger partial charge < -0.3 is 15.7 Å². The summed E-state index contributed by atoms with van der Waals surface area (Å²) in [4.78, 5) is 26.6. The van der Waals surface area contributed by atoms with Crippen LogP contribution in [0.15, 0.2) is 12.1 Å². The van der Waals surface area contributed by atoms with Crippen molar-refractivity contribution < 1.29 is 14.7 Å². The highest BCUT2D eigenvalue weighted by Crippen LogP contribution is 2.17. The molecule has 1 aromatic heterocycles. The lowest BCUT2D eigenvalue weighted by molar-refractivity contribution is -0.121. The molecule has 0 fully saturated rings. The predicted molar refractivity (Wildman–Crippen MR) is 72.6 cm³/mol. The predicted octanol–water partition coefficient (Wildman–Crippen LogP) is 1.76. The number of carboxylic acid groups (broad SMARTS) is 1. The lowest BCUT2D eigenvalue weighted by Crippen LogP contribution is -2.38. The Kier molecular flexibility index (Phi) is 5.57. The molecule has 0 bridgehead atoms. The SMILES string of the molecule is CCCNC(=O)C(C)Nc1nc(Cl)ccc1C(=O)O. The molecule has 3 N–H and O–H groups in total. The molecule has 1 aromatic rings. The second-order valence-electron chi connectivity index (χ2n) is 3.99. The minimum Gasteiger partial charge on any atom is -0.478 e. The number of halogens is 1. The van der Waals surface area contributed by atoms with Crippen molar-refractivity contribution in [2.75, 3.05) is 11.9 Å². The maximum atomic E-state index is 11.7. The Labute approximate surface area is 116 Å². The first-order valence-corrected chi connectivity index (χ1v) is 6.27. The Morgan fingerprint density at radius 2 is 2.16 bits per heavy atom. The van der Waals surface area contributed by atoms with E-state index in [2.05, 4.69) is 15.6 Å². The number of nitrogens with zero attached hydrogens (tertiary/aromatic N) is 1. The van der Waals surface area contributed by atoms with E-state index >= 15 is 0 Å². The quantitative estimate of drug-likeness (QED) is 0.693. The Morgan fingerprint density at radius 3 is 2.74 bits per heavy atom. The number of carbonyl (C=O) groups excluding carboxylic acids is 1. The van der Waals surface area contributed by atoms with E-state index in [0.717, 1.165) is 6.42 Å². The molecule has 0 spiro atoms. The molecule has 1 unspecified atom stereocenters. The molecule has 0 aliphatic carbocycles. The van der Waals surface area contributed by atoms with Crippen LogP contribution in [0.5, 0.6) is 0 Å². The van der Waals surface area contributed by atoms with Crippen LogP contribution in [0.2, 0.25) is 5.15 Å². The van der Waals surface area contributed by atoms with Crippen molar-refractivity contribution in [1.82, 2.24) is 10.3 Å². The van der Waals surface area contributed by atoms with Crippen molar-refractivity contribution in [2.45, 2.75) is 26.3 Å². The van der Waals surface area contributed by atoms with Gasteiger partial charge in [0, 0.05) is 6.54 Å². The van der Waals surface area contributed by atoms with Crippen LogP contribution in [0, 0.1) is 0 Å². The van der Waals surface area contributed by atoms with Crippen LogP contribution in [0.3, 0.4) is 0 Å². The zero-order chi connectivity index (χ0) is 14.4. The summed E-state index contributed by atoms with van der Waals surface area (Å²) in [5, 5.41) is 14.6. The molecule has 1 heterocycles. The van der Waals surface area contributed by atoms with Gasteiger partial charge in [0.2, 0.25) is 5.91 Å². The van der Waals surface area contributed by atoms with Gasteiger partial charge in [0.05, 0.1) is 0 Å². The van der Waals surface area contributed by atoms with E-state index in [1.54, 1.807) is 6.92 Å². The van der Waals surface area contributed by atoms with E-state index in [9.17, 15) is 9.59 Å². The van der Waals surface area contributed by atoms with E-state index in [1.165, 1.54) is 12.1 Å². The molecule has 0 radical (unpaired) electrons. The second kappa shape index (κ2) is 6.94. The van der Waals surface area contributed by atoms with Crippen molar-refractivity contribution in [3.8, 4) is 0 Å². The molecule has 0 saturated carbocycles. The van der Waals surface area contributed by atoms with Crippen molar-refractivity contribution in [3.05, 3.63) is 22.8 Å². The number of pyridine rings is 1. The average Bonchev–Trinajstić information content (AvgIpc) is 2.35. The van der Waals surface area contributed by atoms with E-state index in [-0.39, 0.29) is 22.4 Å². The number of rotatable bonds is 6. The molecule has 0 aliphatic heterocycles. The largest absolute Gasteiger partial charge is 0.478 e. The van der Waals surface area contributed by atoms with Gasteiger partial charge in [-0.25, -0.2) is 9.78 Å². The number of hydrogen-bond donors (Lipinski definition) is 3. The summed E-state index contributed by atoms with van der Waals surface area (Å²) in [6, 6.07) is 2.13. The van der Waals surface area contributed by atoms with Gasteiger partial charge in [0.15, 0.2) is 0 Å². The molecule has 0 saturated heterocycles. The van der Waals surface area contributed by atoms with Gasteiger partial charge in [0.25, 0.3) is 0 Å². The third kappa shape index (κ3) is 4.40. The highest BCUT2D eigenvalue weighted by molar-refractivity contribution is 6.29. The average molecular weight is 286 g/mol. The van der Waals surface area contributed by atoms with Crippen molar-refractivity contribution >= 4 is 29.3 Å². The van der Waals surface area contributed by atoms with Crippen molar-refractivity contribution in [1.29, 1.82) is 0 Å². The normalized spacial score (nSPS) is 11.7. The van der Waals surface area contributed by atoms with Crippen molar-refractivity contribution in [2.24, 2.45) is 0 Å². The van der Waals surface area contributed by atoms with E-state index in [1.807, 2.05) is 6.92 Å². The van der Waals surface area contributed by atoms with E-state index < -0.39 is 12.0 Å². The summed E-state index contributed by atoms with van der Waals surface area (Å²) in [7, 11) is 0. The molecular formula is C12H16ClN3O3. The maximum Gasteiger partial charge on any atom is 0.339 e. The third-order valence-corrected chi connectivity index (χ3v) is 2.60. The first kappa shape index (κ1) is 15.2. The number of carbonyl (C=O) groups is 2. The number of anilines is 1. The number of amides is 1. The maximum absolute atomic E-state index is 11.7. The smallest absolute Gasteiger partial charge is 0.339 e. The standard InChI is InChI=1S/C12H16ClN3O3/c1-3-6-14-11(17)7(2)15-10-8(12(18)19)4-5-9(13)16-10/h4-5,7H,3,6H2,1-2H3,(H,14,17)(H,15,16)(H,18,19).